The van der Waals surface area contributed by atoms with Crippen LogP contribution in [0.3, 0.4) is 0 Å². The summed E-state index contributed by atoms with van der Waals surface area (Å²) in [4.78, 5) is 77.7. The molecule has 103 heavy (non-hydrogen) atoms. The summed E-state index contributed by atoms with van der Waals surface area (Å²) in [6.45, 7) is 3.39. The van der Waals surface area contributed by atoms with Gasteiger partial charge in [0.15, 0.2) is 35.3 Å². The Morgan fingerprint density at radius 2 is 1.14 bits per heavy atom. The van der Waals surface area contributed by atoms with Crippen LogP contribution in [0.2, 0.25) is 0 Å². The van der Waals surface area contributed by atoms with Crippen LogP contribution in [-0.2, 0) is 72.2 Å². The lowest BCUT2D eigenvalue weighted by atomic mass is 10.1. The molecule has 5 aromatic carbocycles. The van der Waals surface area contributed by atoms with Crippen LogP contribution in [-0.4, -0.2) is 138 Å². The van der Waals surface area contributed by atoms with Gasteiger partial charge in [-0.15, -0.1) is 20.5 Å². The molecule has 542 valence electrons. The van der Waals surface area contributed by atoms with E-state index in [-0.39, 0.29) is 45.2 Å². The number of pyridine rings is 2. The van der Waals surface area contributed by atoms with E-state index in [4.69, 9.17) is 20.6 Å². The van der Waals surface area contributed by atoms with Crippen molar-refractivity contribution in [3.63, 3.8) is 0 Å². The first kappa shape index (κ1) is 77.1. The highest BCUT2D eigenvalue weighted by molar-refractivity contribution is 7.92. The maximum Gasteiger partial charge on any atom is 0.398 e. The van der Waals surface area contributed by atoms with Crippen LogP contribution in [0.1, 0.15) is 64.5 Å². The quantitative estimate of drug-likeness (QED) is 0.00539. The molecule has 8 rings (SSSR count). The number of anilines is 4. The molecular weight excluding hydrogens is 1470 g/mol. The Bertz CT molecular complexity index is 5670. The summed E-state index contributed by atoms with van der Waals surface area (Å²) in [5, 5.41) is 66.1. The number of nitrogens with one attached hydrogen (secondary N) is 2. The average Bonchev–Trinajstić information content (AvgIpc) is 0.774. The van der Waals surface area contributed by atoms with Gasteiger partial charge in [-0.25, -0.2) is 25.2 Å². The van der Waals surface area contributed by atoms with E-state index in [1.165, 1.54) is 32.0 Å². The number of carbonyl (C=O) groups excluding carboxylic acids is 3. The number of amidine groups is 1. The normalized spacial score (nSPS) is 12.5. The minimum absolute atomic E-state index is 0.00937. The molecule has 8 aromatic rings. The fourth-order valence-corrected chi connectivity index (χ4v) is 13.3. The number of benzene rings is 5. The zero-order chi connectivity index (χ0) is 76.0. The molecule has 0 unspecified atom stereocenters. The lowest BCUT2D eigenvalue weighted by Crippen LogP contribution is -2.38. The van der Waals surface area contributed by atoms with Crippen molar-refractivity contribution >= 4 is 126 Å². The molecule has 0 fully saturated rings. The number of hydrazone groups is 1. The number of aryl methyl sites for hydroxylation is 3. The number of phenols is 1. The van der Waals surface area contributed by atoms with E-state index in [1.54, 1.807) is 37.3 Å². The standard InChI is InChI=1S/C57H54FN17O23S5/c1-28-11-12-34(24-76)40(19-28)67-71-50(33-9-7-6-8-10-33)72-68-42-23-37(101(88,89)90)22-41(47(42)77)61-56-62-55(58)63-57(64-56)73(25-75-52(81)44(49(60)79)32(5)46(54(75)83)70-66-39-16-14-36(21-30(39)3)100(86,87)27-98-103(94,95)96)17-18-74-51(80)43(48(59)78)31(4)45(53(74)82)69-65-38-15-13-35(20-29(38)2)99(84,85)26-97-102(91,92)93/h6-16,19-24,68,77,80-81H,17-18,25-27H2,1-5H3,(H2,59,78)(H2,60,79)(H,88,89,90)(H,91,92,93)(H,94,95,96)(H,61,62,63,64). The predicted molar refractivity (Wildman–Crippen MR) is 357 cm³/mol. The second kappa shape index (κ2) is 30.7. The van der Waals surface area contributed by atoms with Crippen molar-refractivity contribution in [1.82, 2.24) is 24.1 Å². The van der Waals surface area contributed by atoms with Crippen LogP contribution < -0.4 is 38.2 Å². The molecule has 0 spiro atoms. The first-order chi connectivity index (χ1) is 48.1. The minimum atomic E-state index is -5.26. The SMILES string of the molecule is Cc1ccc(C=O)c(N=NC(=NNc2cc(S(=O)(=O)O)cc(Nc3nc(F)nc(N(CCn4c(O)c(C(N)=O)c(C)c(N=Nc5ccc(S(=O)(=O)COS(=O)(=O)O)cc5C)c4=O)Cn4c(O)c(C(N)=O)c(C)c(N=Nc5ccc(S(=O)(=O)COS(=O)(=O)O)cc5C)c4=O)n3)c2O)c2ccccc2)c1. The molecule has 0 radical (unpaired) electrons. The molecule has 2 amide bonds. The molecule has 40 nitrogen and oxygen atoms in total. The fraction of sp³-hybridized carbons (Fsp3) is 0.175. The van der Waals surface area contributed by atoms with Crippen LogP contribution in [0.25, 0.3) is 0 Å². The summed E-state index contributed by atoms with van der Waals surface area (Å²) in [7, 11) is -24.8. The van der Waals surface area contributed by atoms with Gasteiger partial charge in [0.25, 0.3) is 33.1 Å². The van der Waals surface area contributed by atoms with Crippen LogP contribution in [0.15, 0.2) is 157 Å². The number of hydrogen-bond acceptors (Lipinski definition) is 32. The number of carbonyl (C=O) groups is 3. The van der Waals surface area contributed by atoms with Gasteiger partial charge in [-0.2, -0.15) is 59.9 Å². The number of azo groups is 3. The van der Waals surface area contributed by atoms with Crippen molar-refractivity contribution in [2.24, 2.45) is 47.3 Å². The molecule has 0 saturated carbocycles. The van der Waals surface area contributed by atoms with Crippen LogP contribution in [0, 0.1) is 40.7 Å². The Balaban J connectivity index is 1.26. The Labute approximate surface area is 580 Å². The lowest BCUT2D eigenvalue weighted by Gasteiger charge is -2.26. The molecule has 0 aliphatic carbocycles. The average molecular weight is 1520 g/mol. The summed E-state index contributed by atoms with van der Waals surface area (Å²) in [6, 6.07) is 19.8. The maximum atomic E-state index is 16.3. The summed E-state index contributed by atoms with van der Waals surface area (Å²) in [5.74, 6) is -11.4. The maximum absolute atomic E-state index is 16.3. The number of primary amides is 2. The number of amides is 2. The number of nitrogens with two attached hydrogens (primary N) is 2. The van der Waals surface area contributed by atoms with E-state index in [0.29, 0.717) is 33.1 Å². The number of aromatic nitrogens is 5. The second-order valence-corrected chi connectivity index (χ2v) is 29.0. The highest BCUT2D eigenvalue weighted by Gasteiger charge is 2.30. The minimum Gasteiger partial charge on any atom is -0.504 e. The summed E-state index contributed by atoms with van der Waals surface area (Å²) in [5.41, 5.74) is 6.69. The Morgan fingerprint density at radius 1 is 0.621 bits per heavy atom. The highest BCUT2D eigenvalue weighted by Crippen LogP contribution is 2.38. The summed E-state index contributed by atoms with van der Waals surface area (Å²) < 4.78 is 175. The van der Waals surface area contributed by atoms with Crippen molar-refractivity contribution in [1.29, 1.82) is 0 Å². The molecule has 3 aromatic heterocycles. The zero-order valence-corrected chi connectivity index (χ0v) is 57.4. The van der Waals surface area contributed by atoms with E-state index >= 15 is 4.39 Å². The smallest absolute Gasteiger partial charge is 0.398 e. The van der Waals surface area contributed by atoms with E-state index in [0.717, 1.165) is 55.1 Å². The summed E-state index contributed by atoms with van der Waals surface area (Å²) >= 11 is 0. The second-order valence-electron chi connectivity index (χ2n) is 21.5. The molecular formula is C57H54FN17O23S5. The topological polar surface area (TPSA) is 610 Å². The zero-order valence-electron chi connectivity index (χ0n) is 53.4. The lowest BCUT2D eigenvalue weighted by molar-refractivity contribution is 0.0986. The first-order valence-electron chi connectivity index (χ1n) is 28.5. The molecule has 0 atom stereocenters. The molecule has 46 heteroatoms. The van der Waals surface area contributed by atoms with E-state index < -0.39 is 200 Å². The van der Waals surface area contributed by atoms with Crippen LogP contribution in [0.4, 0.5) is 56.1 Å². The molecule has 0 aliphatic heterocycles. The van der Waals surface area contributed by atoms with Crippen LogP contribution in [0.5, 0.6) is 17.5 Å². The number of aromatic hydroxyl groups is 3. The third-order valence-electron chi connectivity index (χ3n) is 14.4. The van der Waals surface area contributed by atoms with Gasteiger partial charge in [0.05, 0.1) is 37.4 Å². The highest BCUT2D eigenvalue weighted by atomic mass is 32.3. The van der Waals surface area contributed by atoms with Gasteiger partial charge in [-0.3, -0.25) is 52.2 Å². The summed E-state index contributed by atoms with van der Waals surface area (Å²) in [6.07, 6.45) is -1.22. The number of nitrogens with zero attached hydrogens (tertiary/aromatic N) is 13. The van der Waals surface area contributed by atoms with E-state index in [9.17, 15) is 85.9 Å². The Kier molecular flexibility index (Phi) is 23.0. The Morgan fingerprint density at radius 3 is 1.63 bits per heavy atom. The number of phenolic OH excluding ortho intramolecular Hbond substituents is 1. The number of hydrogen-bond donors (Lipinski definition) is 10. The fourth-order valence-electron chi connectivity index (χ4n) is 9.24. The number of halogens is 1. The largest absolute Gasteiger partial charge is 0.504 e. The van der Waals surface area contributed by atoms with Gasteiger partial charge in [0.2, 0.25) is 49.2 Å². The van der Waals surface area contributed by atoms with E-state index in [1.807, 2.05) is 0 Å². The van der Waals surface area contributed by atoms with Gasteiger partial charge >= 0.3 is 26.9 Å². The molecule has 0 bridgehead atoms. The first-order valence-corrected chi connectivity index (χ1v) is 36.0. The van der Waals surface area contributed by atoms with Crippen molar-refractivity contribution in [3.8, 4) is 17.5 Å². The van der Waals surface area contributed by atoms with E-state index in [2.05, 4.69) is 69.8 Å². The van der Waals surface area contributed by atoms with Crippen molar-refractivity contribution in [2.45, 2.75) is 62.5 Å². The molecule has 12 N–H and O–H groups in total. The van der Waals surface area contributed by atoms with Gasteiger partial charge in [0.1, 0.15) is 23.5 Å². The van der Waals surface area contributed by atoms with Crippen molar-refractivity contribution < 1.29 is 98.2 Å². The number of sulfone groups is 2. The monoisotopic (exact) mass is 1520 g/mol. The number of aldehydes is 1. The molecule has 0 aliphatic rings. The molecule has 0 saturated heterocycles. The van der Waals surface area contributed by atoms with Gasteiger partial charge < -0.3 is 37.0 Å². The van der Waals surface area contributed by atoms with Gasteiger partial charge in [0, 0.05) is 35.3 Å². The van der Waals surface area contributed by atoms with Gasteiger partial charge in [-0.1, -0.05) is 36.4 Å². The van der Waals surface area contributed by atoms with Crippen molar-refractivity contribution in [2.75, 3.05) is 34.1 Å². The predicted octanol–water partition coefficient (Wildman–Crippen LogP) is 5.65. The molecule has 3 heterocycles. The third kappa shape index (κ3) is 18.7. The Hall–Kier alpha value is -11.6. The van der Waals surface area contributed by atoms with Crippen molar-refractivity contribution in [3.05, 3.63) is 174 Å². The number of rotatable bonds is 28. The third-order valence-corrected chi connectivity index (χ3v) is 19.1. The van der Waals surface area contributed by atoms with Crippen LogP contribution >= 0.6 is 0 Å². The van der Waals surface area contributed by atoms with Gasteiger partial charge in [-0.05, 0) is 112 Å².